The summed E-state index contributed by atoms with van der Waals surface area (Å²) in [5, 5.41) is 14.6. The molecule has 0 aliphatic rings. The summed E-state index contributed by atoms with van der Waals surface area (Å²) in [6.07, 6.45) is 4.78. The summed E-state index contributed by atoms with van der Waals surface area (Å²) in [7, 11) is 4.73. The molecule has 0 spiro atoms. The summed E-state index contributed by atoms with van der Waals surface area (Å²) in [4.78, 5) is 0. The largest absolute Gasteiger partial charge is 0.497 e. The van der Waals surface area contributed by atoms with Crippen molar-refractivity contribution in [3.05, 3.63) is 59.5 Å². The maximum absolute atomic E-state index is 8.06. The van der Waals surface area contributed by atoms with Crippen molar-refractivity contribution in [3.63, 3.8) is 0 Å². The summed E-state index contributed by atoms with van der Waals surface area (Å²) >= 11 is 0. The highest BCUT2D eigenvalue weighted by Crippen LogP contribution is 2.25. The van der Waals surface area contributed by atoms with Gasteiger partial charge in [0.25, 0.3) is 0 Å². The summed E-state index contributed by atoms with van der Waals surface area (Å²) in [6.45, 7) is 10.3. The number of nitrogens with zero attached hydrogens (tertiary/aromatic N) is 1. The Balaban J connectivity index is 0.00000352. The summed E-state index contributed by atoms with van der Waals surface area (Å²) < 4.78 is 16.0. The molecular weight excluding hydrogens is 356 g/mol. The molecule has 0 amide bonds. The van der Waals surface area contributed by atoms with Crippen molar-refractivity contribution in [2.45, 2.75) is 27.3 Å². The van der Waals surface area contributed by atoms with Gasteiger partial charge in [-0.1, -0.05) is 32.6 Å². The van der Waals surface area contributed by atoms with Gasteiger partial charge in [0.2, 0.25) is 0 Å². The highest BCUT2D eigenvalue weighted by atomic mass is 16.5. The van der Waals surface area contributed by atoms with E-state index in [-0.39, 0.29) is 5.71 Å². The van der Waals surface area contributed by atoms with Crippen LogP contribution in [0.2, 0.25) is 0 Å². The van der Waals surface area contributed by atoms with Gasteiger partial charge < -0.3 is 25.4 Å². The number of hydrogen-bond donors (Lipinski definition) is 3. The van der Waals surface area contributed by atoms with Gasteiger partial charge in [0.1, 0.15) is 11.5 Å². The van der Waals surface area contributed by atoms with Gasteiger partial charge in [-0.2, -0.15) is 5.10 Å². The first-order valence-corrected chi connectivity index (χ1v) is 8.89. The normalized spacial score (nSPS) is 11.4. The van der Waals surface area contributed by atoms with Gasteiger partial charge in [-0.15, -0.1) is 0 Å². The molecule has 154 valence electrons. The smallest absolute Gasteiger partial charge is 0.150 e. The number of nitrogens with two attached hydrogens (primary N) is 1. The predicted octanol–water partition coefficient (Wildman–Crippen LogP) is 3.77. The van der Waals surface area contributed by atoms with Crippen LogP contribution in [-0.2, 0) is 11.3 Å². The topological polar surface area (TPSA) is 102 Å². The molecule has 0 aliphatic carbocycles. The van der Waals surface area contributed by atoms with Crippen LogP contribution in [0.4, 0.5) is 0 Å². The quantitative estimate of drug-likeness (QED) is 0.186. The molecule has 1 aromatic carbocycles. The zero-order valence-corrected chi connectivity index (χ0v) is 17.6. The van der Waals surface area contributed by atoms with Crippen molar-refractivity contribution in [1.29, 1.82) is 5.41 Å². The fourth-order valence-corrected chi connectivity index (χ4v) is 2.27. The maximum Gasteiger partial charge on any atom is 0.150 e. The molecule has 0 heterocycles. The van der Waals surface area contributed by atoms with Crippen molar-refractivity contribution < 1.29 is 14.2 Å². The molecule has 1 rings (SSSR count). The summed E-state index contributed by atoms with van der Waals surface area (Å²) in [6, 6.07) is 5.57. The number of hydrazone groups is 1. The molecule has 0 radical (unpaired) electrons. The Morgan fingerprint density at radius 2 is 1.93 bits per heavy atom. The Kier molecular flexibility index (Phi) is 12.3. The van der Waals surface area contributed by atoms with Crippen LogP contribution < -0.4 is 20.6 Å². The maximum atomic E-state index is 8.06. The van der Waals surface area contributed by atoms with Crippen LogP contribution in [0.3, 0.4) is 0 Å². The van der Waals surface area contributed by atoms with Crippen LogP contribution in [0, 0.1) is 5.41 Å². The van der Waals surface area contributed by atoms with Gasteiger partial charge in [0, 0.05) is 23.7 Å². The Morgan fingerprint density at radius 3 is 2.43 bits per heavy atom. The first-order chi connectivity index (χ1) is 13.5. The molecule has 7 nitrogen and oxygen atoms in total. The molecule has 7 heteroatoms. The standard InChI is InChI=1S/C19H26N4O3.C2H6/c1-6-7-16(17(20)12-23-21)19(26-5)13(2)22-11-14-8-9-15(24-3)10-18(14)25-4;1-2/h6-10,12,20,22H,2,11,21H2,1,3-5H3;1-2H3/b7-6-,19-16-,20-17?,23-12-;. The van der Waals surface area contributed by atoms with E-state index in [9.17, 15) is 0 Å². The fourth-order valence-electron chi connectivity index (χ4n) is 2.27. The second-order valence-corrected chi connectivity index (χ2v) is 5.15. The number of ether oxygens (including phenoxy) is 3. The van der Waals surface area contributed by atoms with Crippen LogP contribution in [0.15, 0.2) is 59.1 Å². The van der Waals surface area contributed by atoms with Gasteiger partial charge in [-0.05, 0) is 19.1 Å². The molecule has 0 aliphatic heterocycles. The lowest BCUT2D eigenvalue weighted by Crippen LogP contribution is -2.18. The van der Waals surface area contributed by atoms with E-state index >= 15 is 0 Å². The third kappa shape index (κ3) is 7.19. The third-order valence-corrected chi connectivity index (χ3v) is 3.54. The number of hydrogen-bond acceptors (Lipinski definition) is 7. The van der Waals surface area contributed by atoms with Crippen LogP contribution >= 0.6 is 0 Å². The zero-order chi connectivity index (χ0) is 21.5. The molecule has 28 heavy (non-hydrogen) atoms. The Labute approximate surface area is 168 Å². The highest BCUT2D eigenvalue weighted by molar-refractivity contribution is 6.37. The number of nitrogens with one attached hydrogen (secondary N) is 2. The molecule has 1 aromatic rings. The van der Waals surface area contributed by atoms with E-state index in [2.05, 4.69) is 17.0 Å². The molecular formula is C21H32N4O3. The molecule has 4 N–H and O–H groups in total. The van der Waals surface area contributed by atoms with Crippen LogP contribution in [-0.4, -0.2) is 33.3 Å². The SMILES string of the molecule is C=C(NCc1ccc(OC)cc1OC)/C(OC)=C(\C=C/C)C(=N)/C=N\N.CC. The van der Waals surface area contributed by atoms with Crippen molar-refractivity contribution in [1.82, 2.24) is 5.32 Å². The van der Waals surface area contributed by atoms with E-state index in [0.717, 1.165) is 5.56 Å². The Morgan fingerprint density at radius 1 is 1.25 bits per heavy atom. The van der Waals surface area contributed by atoms with Gasteiger partial charge in [-0.3, -0.25) is 5.41 Å². The zero-order valence-electron chi connectivity index (χ0n) is 17.6. The predicted molar refractivity (Wildman–Crippen MR) is 116 cm³/mol. The molecule has 0 unspecified atom stereocenters. The molecule has 0 fully saturated rings. The van der Waals surface area contributed by atoms with Gasteiger partial charge in [0.15, 0.2) is 5.76 Å². The first-order valence-electron chi connectivity index (χ1n) is 8.89. The fraction of sp³-hybridized carbons (Fsp3) is 0.333. The van der Waals surface area contributed by atoms with Gasteiger partial charge in [-0.25, -0.2) is 0 Å². The average molecular weight is 389 g/mol. The number of methoxy groups -OCH3 is 3. The number of benzene rings is 1. The van der Waals surface area contributed by atoms with Crippen molar-refractivity contribution in [2.75, 3.05) is 21.3 Å². The minimum Gasteiger partial charge on any atom is -0.497 e. The molecule has 0 bridgehead atoms. The van der Waals surface area contributed by atoms with E-state index in [1.807, 2.05) is 39.0 Å². The Hall–Kier alpha value is -3.22. The van der Waals surface area contributed by atoms with Crippen LogP contribution in [0.1, 0.15) is 26.3 Å². The monoisotopic (exact) mass is 388 g/mol. The number of allylic oxidation sites excluding steroid dienone is 3. The van der Waals surface area contributed by atoms with Gasteiger partial charge >= 0.3 is 0 Å². The Bertz CT molecular complexity index is 737. The van der Waals surface area contributed by atoms with E-state index in [1.54, 1.807) is 26.4 Å². The first kappa shape index (κ1) is 24.8. The lowest BCUT2D eigenvalue weighted by Gasteiger charge is -2.17. The van der Waals surface area contributed by atoms with Crippen LogP contribution in [0.5, 0.6) is 11.5 Å². The van der Waals surface area contributed by atoms with E-state index in [0.29, 0.717) is 35.1 Å². The lowest BCUT2D eigenvalue weighted by molar-refractivity contribution is 0.294. The van der Waals surface area contributed by atoms with E-state index in [1.165, 1.54) is 13.3 Å². The highest BCUT2D eigenvalue weighted by Gasteiger charge is 2.13. The second kappa shape index (κ2) is 13.9. The molecule has 0 saturated heterocycles. The number of rotatable bonds is 10. The van der Waals surface area contributed by atoms with Crippen molar-refractivity contribution in [3.8, 4) is 11.5 Å². The second-order valence-electron chi connectivity index (χ2n) is 5.15. The van der Waals surface area contributed by atoms with Crippen LogP contribution in [0.25, 0.3) is 0 Å². The summed E-state index contributed by atoms with van der Waals surface area (Å²) in [5.41, 5.74) is 2.08. The minimum atomic E-state index is 0.118. The minimum absolute atomic E-state index is 0.118. The lowest BCUT2D eigenvalue weighted by atomic mass is 10.1. The third-order valence-electron chi connectivity index (χ3n) is 3.54. The van der Waals surface area contributed by atoms with Crippen molar-refractivity contribution in [2.24, 2.45) is 10.9 Å². The average Bonchev–Trinajstić information content (AvgIpc) is 2.73. The van der Waals surface area contributed by atoms with Crippen molar-refractivity contribution >= 4 is 11.9 Å². The van der Waals surface area contributed by atoms with E-state index < -0.39 is 0 Å². The molecule has 0 aromatic heterocycles. The van der Waals surface area contributed by atoms with E-state index in [4.69, 9.17) is 25.5 Å². The molecule has 0 saturated carbocycles. The molecule has 0 atom stereocenters. The van der Waals surface area contributed by atoms with Gasteiger partial charge in [0.05, 0.1) is 39.0 Å². The summed E-state index contributed by atoms with van der Waals surface area (Å²) in [5.74, 6) is 6.99.